The molecule has 0 radical (unpaired) electrons. The second-order valence-corrected chi connectivity index (χ2v) is 3.98. The van der Waals surface area contributed by atoms with Gasteiger partial charge in [0, 0.05) is 11.4 Å². The van der Waals surface area contributed by atoms with E-state index in [-0.39, 0.29) is 0 Å². The molecule has 0 unspecified atom stereocenters. The minimum Gasteiger partial charge on any atom is -0.453 e. The molecule has 20 heavy (non-hydrogen) atoms. The molecule has 2 aromatic carbocycles. The number of hydrogen-bond acceptors (Lipinski definition) is 4. The average Bonchev–Trinajstić information content (AvgIpc) is 2.49. The molecule has 0 atom stereocenters. The van der Waals surface area contributed by atoms with E-state index < -0.39 is 6.09 Å². The van der Waals surface area contributed by atoms with Crippen LogP contribution in [0.1, 0.15) is 5.56 Å². The molecule has 0 spiro atoms. The zero-order chi connectivity index (χ0) is 14.4. The van der Waals surface area contributed by atoms with E-state index in [1.807, 2.05) is 18.2 Å². The van der Waals surface area contributed by atoms with Crippen molar-refractivity contribution in [2.24, 2.45) is 0 Å². The quantitative estimate of drug-likeness (QED) is 0.892. The first-order valence-electron chi connectivity index (χ1n) is 5.94. The highest BCUT2D eigenvalue weighted by molar-refractivity contribution is 5.84. The van der Waals surface area contributed by atoms with Gasteiger partial charge in [-0.3, -0.25) is 5.32 Å². The summed E-state index contributed by atoms with van der Waals surface area (Å²) >= 11 is 0. The third kappa shape index (κ3) is 3.27. The number of anilines is 3. The Morgan fingerprint density at radius 2 is 1.75 bits per heavy atom. The van der Waals surface area contributed by atoms with E-state index in [1.165, 1.54) is 7.11 Å². The molecule has 0 bridgehead atoms. The Labute approximate surface area is 116 Å². The summed E-state index contributed by atoms with van der Waals surface area (Å²) in [4.78, 5) is 11.1. The lowest BCUT2D eigenvalue weighted by atomic mass is 10.2. The van der Waals surface area contributed by atoms with Crippen molar-refractivity contribution < 1.29 is 9.53 Å². The largest absolute Gasteiger partial charge is 0.453 e. The summed E-state index contributed by atoms with van der Waals surface area (Å²) in [6.07, 6.45) is -0.513. The first-order valence-corrected chi connectivity index (χ1v) is 5.94. The van der Waals surface area contributed by atoms with Crippen molar-refractivity contribution in [2.75, 3.05) is 17.7 Å². The number of nitriles is 1. The highest BCUT2D eigenvalue weighted by atomic mass is 16.5. The summed E-state index contributed by atoms with van der Waals surface area (Å²) in [7, 11) is 1.31. The van der Waals surface area contributed by atoms with Crippen molar-refractivity contribution in [3.8, 4) is 6.07 Å². The summed E-state index contributed by atoms with van der Waals surface area (Å²) < 4.78 is 4.51. The van der Waals surface area contributed by atoms with Crippen molar-refractivity contribution >= 4 is 23.2 Å². The lowest BCUT2D eigenvalue weighted by Crippen LogP contribution is -2.10. The number of methoxy groups -OCH3 is 1. The number of amides is 1. The number of nitrogens with one attached hydrogen (secondary N) is 2. The molecule has 0 heterocycles. The van der Waals surface area contributed by atoms with Gasteiger partial charge in [0.15, 0.2) is 0 Å². The number of nitrogens with zero attached hydrogens (tertiary/aromatic N) is 1. The third-order valence-corrected chi connectivity index (χ3v) is 2.64. The van der Waals surface area contributed by atoms with Crippen LogP contribution in [-0.2, 0) is 4.74 Å². The van der Waals surface area contributed by atoms with Crippen LogP contribution in [0.4, 0.5) is 21.9 Å². The molecule has 5 nitrogen and oxygen atoms in total. The van der Waals surface area contributed by atoms with E-state index in [4.69, 9.17) is 5.26 Å². The van der Waals surface area contributed by atoms with Crippen molar-refractivity contribution in [3.05, 3.63) is 54.1 Å². The Bertz CT molecular complexity index is 645. The summed E-state index contributed by atoms with van der Waals surface area (Å²) in [5, 5.41) is 14.7. The van der Waals surface area contributed by atoms with Crippen LogP contribution in [0.15, 0.2) is 48.5 Å². The van der Waals surface area contributed by atoms with Crippen LogP contribution in [0, 0.1) is 11.3 Å². The molecule has 0 aromatic heterocycles. The molecule has 0 saturated carbocycles. The van der Waals surface area contributed by atoms with Gasteiger partial charge in [-0.1, -0.05) is 12.1 Å². The van der Waals surface area contributed by atoms with E-state index in [2.05, 4.69) is 21.4 Å². The van der Waals surface area contributed by atoms with Crippen LogP contribution in [-0.4, -0.2) is 13.2 Å². The fraction of sp³-hybridized carbons (Fsp3) is 0.0667. The Kier molecular flexibility index (Phi) is 4.20. The number of carbonyl (C=O) groups is 1. The van der Waals surface area contributed by atoms with Crippen LogP contribution in [0.5, 0.6) is 0 Å². The van der Waals surface area contributed by atoms with E-state index in [0.717, 1.165) is 11.4 Å². The summed E-state index contributed by atoms with van der Waals surface area (Å²) in [6.45, 7) is 0. The van der Waals surface area contributed by atoms with Crippen LogP contribution < -0.4 is 10.6 Å². The molecule has 2 aromatic rings. The average molecular weight is 267 g/mol. The van der Waals surface area contributed by atoms with Gasteiger partial charge in [-0.25, -0.2) is 4.79 Å². The van der Waals surface area contributed by atoms with Crippen molar-refractivity contribution in [2.45, 2.75) is 0 Å². The first kappa shape index (κ1) is 13.4. The molecule has 0 aliphatic heterocycles. The minimum atomic E-state index is -0.513. The molecular weight excluding hydrogens is 254 g/mol. The number of hydrogen-bond donors (Lipinski definition) is 2. The van der Waals surface area contributed by atoms with Gasteiger partial charge in [-0.05, 0) is 36.4 Å². The molecule has 1 amide bonds. The maximum atomic E-state index is 11.1. The molecular formula is C15H13N3O2. The summed E-state index contributed by atoms with van der Waals surface area (Å²) in [5.41, 5.74) is 2.77. The molecule has 0 aliphatic carbocycles. The van der Waals surface area contributed by atoms with E-state index in [9.17, 15) is 4.79 Å². The lowest BCUT2D eigenvalue weighted by Gasteiger charge is -2.09. The smallest absolute Gasteiger partial charge is 0.411 e. The fourth-order valence-corrected chi connectivity index (χ4v) is 1.65. The molecule has 2 N–H and O–H groups in total. The Balaban J connectivity index is 2.11. The van der Waals surface area contributed by atoms with Crippen LogP contribution in [0.3, 0.4) is 0 Å². The molecule has 5 heteroatoms. The van der Waals surface area contributed by atoms with E-state index >= 15 is 0 Å². The Morgan fingerprint density at radius 3 is 2.40 bits per heavy atom. The van der Waals surface area contributed by atoms with Crippen molar-refractivity contribution in [1.29, 1.82) is 5.26 Å². The van der Waals surface area contributed by atoms with Gasteiger partial charge in [-0.2, -0.15) is 5.26 Å². The first-order chi connectivity index (χ1) is 9.72. The molecule has 2 rings (SSSR count). The van der Waals surface area contributed by atoms with E-state index in [1.54, 1.807) is 30.3 Å². The molecule has 0 aliphatic rings. The summed E-state index contributed by atoms with van der Waals surface area (Å²) in [6, 6.07) is 16.5. The van der Waals surface area contributed by atoms with Gasteiger partial charge < -0.3 is 10.1 Å². The number of ether oxygens (including phenoxy) is 1. The molecule has 0 fully saturated rings. The van der Waals surface area contributed by atoms with Crippen molar-refractivity contribution in [3.63, 3.8) is 0 Å². The highest BCUT2D eigenvalue weighted by Crippen LogP contribution is 2.21. The standard InChI is InChI=1S/C15H13N3O2/c1-20-15(19)18-13-8-6-12(7-9-13)17-14-5-3-2-4-11(14)10-16/h2-9,17H,1H3,(H,18,19). The second kappa shape index (κ2) is 6.25. The van der Waals surface area contributed by atoms with Crippen LogP contribution in [0.25, 0.3) is 0 Å². The predicted molar refractivity (Wildman–Crippen MR) is 76.9 cm³/mol. The number of para-hydroxylation sites is 1. The Hall–Kier alpha value is -3.00. The van der Waals surface area contributed by atoms with Crippen LogP contribution >= 0.6 is 0 Å². The third-order valence-electron chi connectivity index (χ3n) is 2.64. The van der Waals surface area contributed by atoms with Crippen LogP contribution in [0.2, 0.25) is 0 Å². The number of rotatable bonds is 3. The van der Waals surface area contributed by atoms with Gasteiger partial charge in [0.05, 0.1) is 18.4 Å². The molecule has 100 valence electrons. The number of benzene rings is 2. The van der Waals surface area contributed by atoms with Gasteiger partial charge >= 0.3 is 6.09 Å². The number of carbonyl (C=O) groups excluding carboxylic acids is 1. The Morgan fingerprint density at radius 1 is 1.10 bits per heavy atom. The topological polar surface area (TPSA) is 74.2 Å². The van der Waals surface area contributed by atoms with Gasteiger partial charge in [0.1, 0.15) is 6.07 Å². The summed E-state index contributed by atoms with van der Waals surface area (Å²) in [5.74, 6) is 0. The van der Waals surface area contributed by atoms with Gasteiger partial charge in [0.2, 0.25) is 0 Å². The zero-order valence-corrected chi connectivity index (χ0v) is 10.9. The highest BCUT2D eigenvalue weighted by Gasteiger charge is 2.02. The maximum absolute atomic E-state index is 11.1. The molecule has 0 saturated heterocycles. The monoisotopic (exact) mass is 267 g/mol. The van der Waals surface area contributed by atoms with Gasteiger partial charge in [-0.15, -0.1) is 0 Å². The second-order valence-electron chi connectivity index (χ2n) is 3.98. The fourth-order valence-electron chi connectivity index (χ4n) is 1.65. The predicted octanol–water partition coefficient (Wildman–Crippen LogP) is 3.48. The normalized spacial score (nSPS) is 9.40. The SMILES string of the molecule is COC(=O)Nc1ccc(Nc2ccccc2C#N)cc1. The van der Waals surface area contributed by atoms with Gasteiger partial charge in [0.25, 0.3) is 0 Å². The zero-order valence-electron chi connectivity index (χ0n) is 10.9. The minimum absolute atomic E-state index is 0.513. The maximum Gasteiger partial charge on any atom is 0.411 e. The van der Waals surface area contributed by atoms with E-state index in [0.29, 0.717) is 11.3 Å². The van der Waals surface area contributed by atoms with Crippen molar-refractivity contribution in [1.82, 2.24) is 0 Å². The lowest BCUT2D eigenvalue weighted by molar-refractivity contribution is 0.187.